The lowest BCUT2D eigenvalue weighted by molar-refractivity contribution is -0.144. The highest BCUT2D eigenvalue weighted by Crippen LogP contribution is 2.29. The lowest BCUT2D eigenvalue weighted by atomic mass is 9.98. The van der Waals surface area contributed by atoms with Gasteiger partial charge in [0, 0.05) is 19.0 Å². The van der Waals surface area contributed by atoms with E-state index >= 15 is 0 Å². The minimum atomic E-state index is -0.206. The van der Waals surface area contributed by atoms with Gasteiger partial charge in [0.25, 0.3) is 0 Å². The number of aromatic nitrogens is 2. The van der Waals surface area contributed by atoms with Gasteiger partial charge in [-0.15, -0.1) is 10.2 Å². The first-order valence-corrected chi connectivity index (χ1v) is 6.70. The first kappa shape index (κ1) is 14.9. The largest absolute Gasteiger partial charge is 0.469 e. The Bertz CT molecular complexity index is 412. The van der Waals surface area contributed by atoms with Crippen LogP contribution in [0.4, 0.5) is 5.13 Å². The predicted molar refractivity (Wildman–Crippen MR) is 73.1 cm³/mol. The van der Waals surface area contributed by atoms with Gasteiger partial charge < -0.3 is 9.64 Å². The minimum absolute atomic E-state index is 0.00468. The fourth-order valence-electron chi connectivity index (χ4n) is 1.44. The number of anilines is 1. The second kappa shape index (κ2) is 5.65. The van der Waals surface area contributed by atoms with Crippen molar-refractivity contribution in [3.63, 3.8) is 0 Å². The molecular formula is C12H21N3O2S. The molecule has 0 amide bonds. The van der Waals surface area contributed by atoms with Gasteiger partial charge in [0.05, 0.1) is 13.0 Å². The van der Waals surface area contributed by atoms with Gasteiger partial charge in [-0.3, -0.25) is 4.79 Å². The van der Waals surface area contributed by atoms with Gasteiger partial charge in [-0.25, -0.2) is 0 Å². The molecule has 6 heteroatoms. The highest BCUT2D eigenvalue weighted by atomic mass is 32.1. The van der Waals surface area contributed by atoms with Crippen LogP contribution in [0.25, 0.3) is 0 Å². The number of carbonyl (C=O) groups is 1. The number of hydrogen-bond donors (Lipinski definition) is 0. The average molecular weight is 271 g/mol. The molecule has 1 atom stereocenters. The van der Waals surface area contributed by atoms with Crippen molar-refractivity contribution in [3.05, 3.63) is 5.01 Å². The molecule has 0 radical (unpaired) electrons. The second-order valence-electron chi connectivity index (χ2n) is 5.44. The van der Waals surface area contributed by atoms with Crippen LogP contribution in [-0.2, 0) is 14.9 Å². The lowest BCUT2D eigenvalue weighted by Gasteiger charge is -2.18. The normalized spacial score (nSPS) is 13.2. The summed E-state index contributed by atoms with van der Waals surface area (Å²) in [5.41, 5.74) is 0.00468. The molecule has 1 heterocycles. The summed E-state index contributed by atoms with van der Waals surface area (Å²) in [4.78, 5) is 13.3. The Kier molecular flexibility index (Phi) is 4.67. The molecule has 0 spiro atoms. The number of hydrogen-bond acceptors (Lipinski definition) is 6. The summed E-state index contributed by atoms with van der Waals surface area (Å²) in [5.74, 6) is -0.385. The van der Waals surface area contributed by atoms with E-state index in [-0.39, 0.29) is 17.3 Å². The van der Waals surface area contributed by atoms with Crippen LogP contribution in [0, 0.1) is 5.92 Å². The molecule has 5 nitrogen and oxygen atoms in total. The van der Waals surface area contributed by atoms with Crippen molar-refractivity contribution in [2.24, 2.45) is 5.92 Å². The number of esters is 1. The van der Waals surface area contributed by atoms with Crippen molar-refractivity contribution in [3.8, 4) is 0 Å². The van der Waals surface area contributed by atoms with E-state index in [0.717, 1.165) is 10.1 Å². The first-order chi connectivity index (χ1) is 8.25. The van der Waals surface area contributed by atoms with Crippen LogP contribution in [0.15, 0.2) is 0 Å². The topological polar surface area (TPSA) is 55.3 Å². The van der Waals surface area contributed by atoms with Gasteiger partial charge in [-0.2, -0.15) is 0 Å². The fourth-order valence-corrected chi connectivity index (χ4v) is 2.31. The summed E-state index contributed by atoms with van der Waals surface area (Å²) in [6.07, 6.45) is 0. The number of carbonyl (C=O) groups excluding carboxylic acids is 1. The molecule has 18 heavy (non-hydrogen) atoms. The summed E-state index contributed by atoms with van der Waals surface area (Å²) in [6.45, 7) is 8.73. The van der Waals surface area contributed by atoms with Gasteiger partial charge >= 0.3 is 5.97 Å². The standard InChI is InChI=1S/C12H21N3O2S/c1-8(9(16)17-6)7-15(5)11-14-13-10(18-11)12(2,3)4/h8H,7H2,1-6H3/t8-/m0/s1. The molecule has 0 aliphatic carbocycles. The molecule has 0 aromatic carbocycles. The second-order valence-corrected chi connectivity index (χ2v) is 6.40. The van der Waals surface area contributed by atoms with Crippen molar-refractivity contribution >= 4 is 22.4 Å². The molecule has 1 rings (SSSR count). The van der Waals surface area contributed by atoms with Gasteiger partial charge in [0.1, 0.15) is 5.01 Å². The lowest BCUT2D eigenvalue weighted by Crippen LogP contribution is -2.29. The summed E-state index contributed by atoms with van der Waals surface area (Å²) in [5, 5.41) is 10.2. The van der Waals surface area contributed by atoms with Crippen molar-refractivity contribution in [2.45, 2.75) is 33.1 Å². The fraction of sp³-hybridized carbons (Fsp3) is 0.750. The summed E-state index contributed by atoms with van der Waals surface area (Å²) in [6, 6.07) is 0. The predicted octanol–water partition coefficient (Wildman–Crippen LogP) is 2.08. The van der Waals surface area contributed by atoms with Crippen molar-refractivity contribution in [2.75, 3.05) is 25.6 Å². The zero-order chi connectivity index (χ0) is 13.9. The van der Waals surface area contributed by atoms with Crippen LogP contribution < -0.4 is 4.90 Å². The number of nitrogens with zero attached hydrogens (tertiary/aromatic N) is 3. The van der Waals surface area contributed by atoms with E-state index < -0.39 is 0 Å². The van der Waals surface area contributed by atoms with E-state index in [0.29, 0.717) is 6.54 Å². The van der Waals surface area contributed by atoms with Crippen LogP contribution in [0.3, 0.4) is 0 Å². The SMILES string of the molecule is COC(=O)[C@@H](C)CN(C)c1nnc(C(C)(C)C)s1. The Hall–Kier alpha value is -1.17. The third-order valence-electron chi connectivity index (χ3n) is 2.53. The quantitative estimate of drug-likeness (QED) is 0.785. The highest BCUT2D eigenvalue weighted by molar-refractivity contribution is 7.15. The first-order valence-electron chi connectivity index (χ1n) is 5.88. The van der Waals surface area contributed by atoms with E-state index in [1.165, 1.54) is 7.11 Å². The summed E-state index contributed by atoms with van der Waals surface area (Å²) in [7, 11) is 3.31. The number of methoxy groups -OCH3 is 1. The van der Waals surface area contributed by atoms with E-state index in [9.17, 15) is 4.79 Å². The van der Waals surface area contributed by atoms with Crippen molar-refractivity contribution in [1.82, 2.24) is 10.2 Å². The van der Waals surface area contributed by atoms with Crippen LogP contribution in [0.2, 0.25) is 0 Å². The van der Waals surface area contributed by atoms with Crippen LogP contribution in [0.5, 0.6) is 0 Å². The third kappa shape index (κ3) is 3.66. The maximum Gasteiger partial charge on any atom is 0.310 e. The minimum Gasteiger partial charge on any atom is -0.469 e. The van der Waals surface area contributed by atoms with E-state index in [4.69, 9.17) is 4.74 Å². The molecule has 102 valence electrons. The smallest absolute Gasteiger partial charge is 0.310 e. The Morgan fingerprint density at radius 3 is 2.50 bits per heavy atom. The van der Waals surface area contributed by atoms with Gasteiger partial charge in [0.15, 0.2) is 0 Å². The molecule has 1 aromatic rings. The molecule has 1 aromatic heterocycles. The molecule has 0 saturated heterocycles. The van der Waals surface area contributed by atoms with E-state index in [1.54, 1.807) is 11.3 Å². The summed E-state index contributed by atoms with van der Waals surface area (Å²) < 4.78 is 4.71. The molecule has 0 unspecified atom stereocenters. The third-order valence-corrected chi connectivity index (χ3v) is 4.00. The van der Waals surface area contributed by atoms with E-state index in [2.05, 4.69) is 31.0 Å². The zero-order valence-corrected chi connectivity index (χ0v) is 12.7. The summed E-state index contributed by atoms with van der Waals surface area (Å²) >= 11 is 1.56. The van der Waals surface area contributed by atoms with Crippen molar-refractivity contribution < 1.29 is 9.53 Å². The average Bonchev–Trinajstić information content (AvgIpc) is 2.76. The van der Waals surface area contributed by atoms with Crippen LogP contribution >= 0.6 is 11.3 Å². The molecule has 0 aliphatic rings. The van der Waals surface area contributed by atoms with Gasteiger partial charge in [0.2, 0.25) is 5.13 Å². The molecule has 0 bridgehead atoms. The van der Waals surface area contributed by atoms with Crippen molar-refractivity contribution in [1.29, 1.82) is 0 Å². The Morgan fingerprint density at radius 2 is 2.06 bits per heavy atom. The maximum atomic E-state index is 11.4. The zero-order valence-electron chi connectivity index (χ0n) is 11.9. The number of rotatable bonds is 4. The van der Waals surface area contributed by atoms with E-state index in [1.807, 2.05) is 18.9 Å². The number of ether oxygens (including phenoxy) is 1. The Morgan fingerprint density at radius 1 is 1.44 bits per heavy atom. The molecule has 0 aliphatic heterocycles. The maximum absolute atomic E-state index is 11.4. The molecule has 0 N–H and O–H groups in total. The van der Waals surface area contributed by atoms with Gasteiger partial charge in [-0.1, -0.05) is 39.0 Å². The highest BCUT2D eigenvalue weighted by Gasteiger charge is 2.22. The van der Waals surface area contributed by atoms with Crippen LogP contribution in [-0.4, -0.2) is 36.9 Å². The Labute approximate surface area is 112 Å². The Balaban J connectivity index is 2.70. The molecule has 0 saturated carbocycles. The molecule has 0 fully saturated rings. The molecular weight excluding hydrogens is 250 g/mol. The van der Waals surface area contributed by atoms with Crippen LogP contribution in [0.1, 0.15) is 32.7 Å². The van der Waals surface area contributed by atoms with Gasteiger partial charge in [-0.05, 0) is 0 Å². The monoisotopic (exact) mass is 271 g/mol.